The van der Waals surface area contributed by atoms with Gasteiger partial charge in [0, 0.05) is 33.8 Å². The number of imidazole rings is 1. The van der Waals surface area contributed by atoms with Gasteiger partial charge >= 0.3 is 0 Å². The fourth-order valence-electron chi connectivity index (χ4n) is 3.81. The van der Waals surface area contributed by atoms with Crippen molar-refractivity contribution in [3.63, 3.8) is 0 Å². The smallest absolute Gasteiger partial charge is 0.291 e. The van der Waals surface area contributed by atoms with Gasteiger partial charge in [0.25, 0.3) is 6.43 Å². The summed E-state index contributed by atoms with van der Waals surface area (Å²) in [7, 11) is 2.74. The van der Waals surface area contributed by atoms with Crippen LogP contribution in [0.15, 0.2) is 40.3 Å². The number of aryl methyl sites for hydroxylation is 1. The molecular weight excluding hydrogens is 574 g/mol. The third-order valence-corrected chi connectivity index (χ3v) is 9.51. The molecule has 4 aromatic rings. The van der Waals surface area contributed by atoms with Crippen molar-refractivity contribution >= 4 is 51.2 Å². The third kappa shape index (κ3) is 5.79. The molecule has 0 saturated heterocycles. The van der Waals surface area contributed by atoms with Crippen LogP contribution in [-0.4, -0.2) is 65.9 Å². The van der Waals surface area contributed by atoms with Crippen molar-refractivity contribution in [3.8, 4) is 22.0 Å². The number of rotatable bonds is 10. The Morgan fingerprint density at radius 2 is 2.05 bits per heavy atom. The van der Waals surface area contributed by atoms with Gasteiger partial charge in [-0.2, -0.15) is 0 Å². The maximum Gasteiger partial charge on any atom is 0.291 e. The molecule has 3 heterocycles. The lowest BCUT2D eigenvalue weighted by atomic mass is 10.0. The Balaban J connectivity index is 1.61. The minimum Gasteiger partial charge on any atom is -0.375 e. The van der Waals surface area contributed by atoms with Crippen LogP contribution in [0.4, 0.5) is 8.78 Å². The van der Waals surface area contributed by atoms with E-state index >= 15 is 0 Å². The summed E-state index contributed by atoms with van der Waals surface area (Å²) < 4.78 is 44.0. The van der Waals surface area contributed by atoms with Gasteiger partial charge < -0.3 is 10.0 Å². The zero-order valence-electron chi connectivity index (χ0n) is 20.7. The lowest BCUT2D eigenvalue weighted by Gasteiger charge is -2.15. The summed E-state index contributed by atoms with van der Waals surface area (Å²) in [6.45, 7) is 2.65. The van der Waals surface area contributed by atoms with Gasteiger partial charge in [-0.05, 0) is 75.1 Å². The van der Waals surface area contributed by atoms with Crippen molar-refractivity contribution in [2.45, 2.75) is 41.7 Å². The van der Waals surface area contributed by atoms with Crippen LogP contribution in [0, 0.1) is 6.92 Å². The highest BCUT2D eigenvalue weighted by Gasteiger charge is 2.40. The second kappa shape index (κ2) is 10.9. The van der Waals surface area contributed by atoms with Crippen LogP contribution in [0.25, 0.3) is 27.5 Å². The number of hydrogen-bond donors (Lipinski definition) is 2. The molecule has 1 atom stereocenters. The van der Waals surface area contributed by atoms with Crippen molar-refractivity contribution < 1.29 is 18.1 Å². The average molecular weight is 599 g/mol. The topological polar surface area (TPSA) is 95.7 Å². The van der Waals surface area contributed by atoms with Crippen molar-refractivity contribution in [2.75, 3.05) is 26.4 Å². The van der Waals surface area contributed by atoms with Gasteiger partial charge in [-0.25, -0.2) is 18.5 Å². The number of halogens is 3. The lowest BCUT2D eigenvalue weighted by molar-refractivity contribution is 0.142. The summed E-state index contributed by atoms with van der Waals surface area (Å²) in [5.41, 5.74) is 2.18. The first kappa shape index (κ1) is 27.6. The molecule has 1 unspecified atom stereocenters. The number of hydrogen-bond acceptors (Lipinski definition) is 9. The summed E-state index contributed by atoms with van der Waals surface area (Å²) in [4.78, 5) is 7.94. The molecule has 1 fully saturated rings. The molecule has 0 radical (unpaired) electrons. The van der Waals surface area contributed by atoms with E-state index in [9.17, 15) is 18.1 Å². The highest BCUT2D eigenvalue weighted by atomic mass is 35.5. The van der Waals surface area contributed by atoms with E-state index in [4.69, 9.17) is 11.6 Å². The Morgan fingerprint density at radius 3 is 2.68 bits per heavy atom. The number of benzene rings is 1. The highest BCUT2D eigenvalue weighted by Crippen LogP contribution is 2.40. The molecule has 5 rings (SSSR count). The van der Waals surface area contributed by atoms with Gasteiger partial charge in [0.15, 0.2) is 21.0 Å². The lowest BCUT2D eigenvalue weighted by Crippen LogP contribution is -2.23. The number of nitrogens with one attached hydrogen (secondary N) is 1. The number of alkyl halides is 2. The van der Waals surface area contributed by atoms with Crippen LogP contribution in [0.3, 0.4) is 0 Å². The van der Waals surface area contributed by atoms with E-state index < -0.39 is 28.0 Å². The minimum absolute atomic E-state index is 0.187. The van der Waals surface area contributed by atoms with Crippen LogP contribution >= 0.6 is 34.9 Å². The molecule has 38 heavy (non-hydrogen) atoms. The minimum atomic E-state index is -2.74. The fraction of sp³-hybridized carbons (Fsp3) is 0.375. The second-order valence-corrected chi connectivity index (χ2v) is 13.2. The summed E-state index contributed by atoms with van der Waals surface area (Å²) in [6.07, 6.45) is 0.353. The number of aromatic nitrogens is 4. The van der Waals surface area contributed by atoms with Gasteiger partial charge in [0.2, 0.25) is 0 Å². The van der Waals surface area contributed by atoms with Crippen molar-refractivity contribution in [1.29, 1.82) is 0 Å². The van der Waals surface area contributed by atoms with Crippen LogP contribution in [0.1, 0.15) is 29.8 Å². The van der Waals surface area contributed by atoms with Crippen LogP contribution in [0.2, 0.25) is 5.15 Å². The quantitative estimate of drug-likeness (QED) is 0.191. The van der Waals surface area contributed by atoms with Gasteiger partial charge in [-0.3, -0.25) is 8.61 Å². The Labute approximate surface area is 234 Å². The van der Waals surface area contributed by atoms with E-state index in [0.29, 0.717) is 36.5 Å². The Hall–Kier alpha value is -2.00. The van der Waals surface area contributed by atoms with E-state index in [1.807, 2.05) is 50.2 Å². The first-order valence-electron chi connectivity index (χ1n) is 11.7. The predicted molar refractivity (Wildman–Crippen MR) is 147 cm³/mol. The van der Waals surface area contributed by atoms with Crippen LogP contribution in [0.5, 0.6) is 0 Å². The Morgan fingerprint density at radius 1 is 1.29 bits per heavy atom. The molecule has 202 valence electrons. The zero-order valence-corrected chi connectivity index (χ0v) is 23.9. The summed E-state index contributed by atoms with van der Waals surface area (Å²) in [6, 6.07) is 7.60. The summed E-state index contributed by atoms with van der Waals surface area (Å²) in [5, 5.41) is 17.8. The summed E-state index contributed by atoms with van der Waals surface area (Å²) >= 11 is 8.65. The number of nitrogens with zero attached hydrogens (tertiary/aromatic N) is 5. The summed E-state index contributed by atoms with van der Waals surface area (Å²) in [5.74, 6) is 0.819. The number of aliphatic hydroxyl groups is 1. The zero-order chi connectivity index (χ0) is 27.2. The Kier molecular flexibility index (Phi) is 7.89. The number of pyridine rings is 1. The molecule has 1 aliphatic rings. The highest BCUT2D eigenvalue weighted by molar-refractivity contribution is 7.97. The molecule has 0 aliphatic heterocycles. The van der Waals surface area contributed by atoms with Gasteiger partial charge in [0.05, 0.1) is 16.3 Å². The van der Waals surface area contributed by atoms with Crippen LogP contribution < -0.4 is 4.72 Å². The van der Waals surface area contributed by atoms with Gasteiger partial charge in [-0.1, -0.05) is 29.0 Å². The van der Waals surface area contributed by atoms with Crippen molar-refractivity contribution in [3.05, 3.63) is 46.2 Å². The fourth-order valence-corrected chi connectivity index (χ4v) is 6.91. The van der Waals surface area contributed by atoms with E-state index in [-0.39, 0.29) is 10.2 Å². The first-order valence-corrected chi connectivity index (χ1v) is 15.0. The van der Waals surface area contributed by atoms with Gasteiger partial charge in [-0.15, -0.1) is 10.2 Å². The molecule has 14 heteroatoms. The Bertz CT molecular complexity index is 1520. The molecule has 8 nitrogen and oxygen atoms in total. The molecule has 2 N–H and O–H groups in total. The monoisotopic (exact) mass is 598 g/mol. The molecule has 1 aliphatic carbocycles. The molecule has 0 bridgehead atoms. The predicted octanol–water partition coefficient (Wildman–Crippen LogP) is 5.17. The second-order valence-electron chi connectivity index (χ2n) is 9.35. The molecular formula is C24H25ClF2N6O2S3. The average Bonchev–Trinajstić information content (AvgIpc) is 3.26. The van der Waals surface area contributed by atoms with E-state index in [1.165, 1.54) is 11.9 Å². The number of fused-ring (bicyclic) bond motifs is 1. The van der Waals surface area contributed by atoms with E-state index in [0.717, 1.165) is 37.8 Å². The normalized spacial score (nSPS) is 15.6. The SMILES string of the molecule is Cc1cc(S(=O)CCN(C)C)ccc1-c1cc(SNC2(O)CC2)cn2c(-c3nnc(C(F)F)s3)nc(Cl)c12. The maximum absolute atomic E-state index is 13.2. The molecule has 1 aromatic carbocycles. The standard InChI is InChI=1S/C24H25ClF2N6O2S3/c1-13-10-15(38(35)9-8-32(2)3)4-5-16(13)17-11-14(37-31-24(34)6-7-24)12-33-18(17)19(25)28-21(33)23-30-29-22(36-23)20(26)27/h4-5,10-12,20,31,34H,6-9H2,1-3H3. The van der Waals surface area contributed by atoms with Gasteiger partial charge in [0.1, 0.15) is 5.72 Å². The molecule has 1 saturated carbocycles. The molecule has 0 spiro atoms. The maximum atomic E-state index is 13.2. The van der Waals surface area contributed by atoms with Crippen molar-refractivity contribution in [1.82, 2.24) is 29.2 Å². The molecule has 0 amide bonds. The van der Waals surface area contributed by atoms with Crippen LogP contribution in [-0.2, 0) is 10.8 Å². The third-order valence-electron chi connectivity index (χ3n) is 6.04. The first-order chi connectivity index (χ1) is 18.0. The largest absolute Gasteiger partial charge is 0.375 e. The van der Waals surface area contributed by atoms with E-state index in [2.05, 4.69) is 19.9 Å². The van der Waals surface area contributed by atoms with E-state index in [1.54, 1.807) is 10.6 Å². The van der Waals surface area contributed by atoms with Crippen molar-refractivity contribution in [2.24, 2.45) is 0 Å². The molecule has 3 aromatic heterocycles.